The quantitative estimate of drug-likeness (QED) is 0.570. The maximum absolute atomic E-state index is 3.53. The standard InChI is InChI=1S/C23H28BrN3/c1-25-13-15-26(16-14-25)12-4-5-20-18-27(23-7-3-2-6-22(20)23)17-19-8-10-21(24)11-9-19/h2-3,6-11,18H,4-5,12-17H2,1H3. The van der Waals surface area contributed by atoms with Gasteiger partial charge in [-0.25, -0.2) is 0 Å². The summed E-state index contributed by atoms with van der Waals surface area (Å²) in [7, 11) is 2.22. The zero-order chi connectivity index (χ0) is 18.6. The summed E-state index contributed by atoms with van der Waals surface area (Å²) in [6.07, 6.45) is 4.76. The molecule has 27 heavy (non-hydrogen) atoms. The van der Waals surface area contributed by atoms with Gasteiger partial charge in [0.05, 0.1) is 0 Å². The summed E-state index contributed by atoms with van der Waals surface area (Å²) >= 11 is 3.53. The van der Waals surface area contributed by atoms with E-state index >= 15 is 0 Å². The first-order valence-electron chi connectivity index (χ1n) is 9.91. The highest BCUT2D eigenvalue weighted by atomic mass is 79.9. The SMILES string of the molecule is CN1CCN(CCCc2cn(Cc3ccc(Br)cc3)c3ccccc23)CC1. The number of piperazine rings is 1. The lowest BCUT2D eigenvalue weighted by molar-refractivity contribution is 0.153. The molecule has 142 valence electrons. The number of nitrogens with zero attached hydrogens (tertiary/aromatic N) is 3. The van der Waals surface area contributed by atoms with Crippen LogP contribution in [0.3, 0.4) is 0 Å². The molecule has 0 aliphatic carbocycles. The molecule has 0 N–H and O–H groups in total. The van der Waals surface area contributed by atoms with Gasteiger partial charge < -0.3 is 14.4 Å². The average molecular weight is 426 g/mol. The lowest BCUT2D eigenvalue weighted by atomic mass is 10.1. The van der Waals surface area contributed by atoms with Crippen molar-refractivity contribution in [1.82, 2.24) is 14.4 Å². The molecular weight excluding hydrogens is 398 g/mol. The minimum Gasteiger partial charge on any atom is -0.343 e. The van der Waals surface area contributed by atoms with E-state index in [9.17, 15) is 0 Å². The van der Waals surface area contributed by atoms with E-state index in [1.165, 1.54) is 61.2 Å². The number of benzene rings is 2. The van der Waals surface area contributed by atoms with Crippen LogP contribution in [-0.4, -0.2) is 54.1 Å². The summed E-state index contributed by atoms with van der Waals surface area (Å²) in [6, 6.07) is 17.5. The summed E-state index contributed by atoms with van der Waals surface area (Å²) in [6.45, 7) is 6.95. The van der Waals surface area contributed by atoms with Crippen molar-refractivity contribution in [2.75, 3.05) is 39.8 Å². The molecule has 4 heteroatoms. The number of fused-ring (bicyclic) bond motifs is 1. The van der Waals surface area contributed by atoms with E-state index in [4.69, 9.17) is 0 Å². The topological polar surface area (TPSA) is 11.4 Å². The molecule has 3 aromatic rings. The number of aryl methyl sites for hydroxylation is 1. The molecule has 3 nitrogen and oxygen atoms in total. The molecule has 1 aliphatic heterocycles. The predicted molar refractivity (Wildman–Crippen MR) is 117 cm³/mol. The Morgan fingerprint density at radius 3 is 2.44 bits per heavy atom. The van der Waals surface area contributed by atoms with E-state index in [0.29, 0.717) is 0 Å². The van der Waals surface area contributed by atoms with Gasteiger partial charge in [-0.1, -0.05) is 46.3 Å². The molecule has 0 spiro atoms. The smallest absolute Gasteiger partial charge is 0.0486 e. The van der Waals surface area contributed by atoms with Crippen LogP contribution < -0.4 is 0 Å². The summed E-state index contributed by atoms with van der Waals surface area (Å²) in [5, 5.41) is 1.41. The van der Waals surface area contributed by atoms with Crippen LogP contribution in [0, 0.1) is 0 Å². The highest BCUT2D eigenvalue weighted by Crippen LogP contribution is 2.24. The van der Waals surface area contributed by atoms with Gasteiger partial charge in [0.15, 0.2) is 0 Å². The Kier molecular flexibility index (Phi) is 5.96. The van der Waals surface area contributed by atoms with Crippen LogP contribution in [0.25, 0.3) is 10.9 Å². The van der Waals surface area contributed by atoms with Crippen molar-refractivity contribution in [2.24, 2.45) is 0 Å². The van der Waals surface area contributed by atoms with Gasteiger partial charge in [0, 0.05) is 54.3 Å². The van der Waals surface area contributed by atoms with Crippen LogP contribution in [0.5, 0.6) is 0 Å². The van der Waals surface area contributed by atoms with Crippen LogP contribution >= 0.6 is 15.9 Å². The maximum atomic E-state index is 3.53. The van der Waals surface area contributed by atoms with Crippen molar-refractivity contribution in [3.05, 3.63) is 70.3 Å². The van der Waals surface area contributed by atoms with Crippen LogP contribution in [0.2, 0.25) is 0 Å². The maximum Gasteiger partial charge on any atom is 0.0486 e. The van der Waals surface area contributed by atoms with Gasteiger partial charge in [-0.05, 0) is 55.8 Å². The number of likely N-dealkylation sites (N-methyl/N-ethyl adjacent to an activating group) is 1. The Hall–Kier alpha value is -1.62. The highest BCUT2D eigenvalue weighted by Gasteiger charge is 2.14. The third kappa shape index (κ3) is 4.63. The fourth-order valence-electron chi connectivity index (χ4n) is 4.00. The fourth-order valence-corrected chi connectivity index (χ4v) is 4.27. The highest BCUT2D eigenvalue weighted by molar-refractivity contribution is 9.10. The van der Waals surface area contributed by atoms with Crippen molar-refractivity contribution in [1.29, 1.82) is 0 Å². The number of halogens is 1. The van der Waals surface area contributed by atoms with Crippen molar-refractivity contribution in [3.8, 4) is 0 Å². The van der Waals surface area contributed by atoms with Gasteiger partial charge >= 0.3 is 0 Å². The Morgan fingerprint density at radius 1 is 0.926 bits per heavy atom. The third-order valence-electron chi connectivity index (χ3n) is 5.65. The van der Waals surface area contributed by atoms with Gasteiger partial charge in [0.25, 0.3) is 0 Å². The van der Waals surface area contributed by atoms with E-state index in [2.05, 4.69) is 92.1 Å². The molecule has 4 rings (SSSR count). The average Bonchev–Trinajstić information content (AvgIpc) is 3.03. The fraction of sp³-hybridized carbons (Fsp3) is 0.391. The molecule has 0 amide bonds. The molecule has 2 heterocycles. The molecule has 0 bridgehead atoms. The molecule has 0 atom stereocenters. The van der Waals surface area contributed by atoms with Gasteiger partial charge in [-0.2, -0.15) is 0 Å². The lowest BCUT2D eigenvalue weighted by Gasteiger charge is -2.32. The summed E-state index contributed by atoms with van der Waals surface area (Å²) < 4.78 is 3.54. The Balaban J connectivity index is 1.45. The first-order valence-corrected chi connectivity index (χ1v) is 10.7. The molecule has 2 aromatic carbocycles. The molecule has 1 aromatic heterocycles. The third-order valence-corrected chi connectivity index (χ3v) is 6.18. The second-order valence-electron chi connectivity index (χ2n) is 7.67. The van der Waals surface area contributed by atoms with Crippen LogP contribution in [-0.2, 0) is 13.0 Å². The molecule has 1 saturated heterocycles. The predicted octanol–water partition coefficient (Wildman–Crippen LogP) is 4.63. The summed E-state index contributed by atoms with van der Waals surface area (Å²) in [5.74, 6) is 0. The molecule has 1 aliphatic rings. The number of para-hydroxylation sites is 1. The largest absolute Gasteiger partial charge is 0.343 e. The number of hydrogen-bond donors (Lipinski definition) is 0. The first kappa shape index (κ1) is 18.7. The van der Waals surface area contributed by atoms with Gasteiger partial charge in [-0.3, -0.25) is 0 Å². The monoisotopic (exact) mass is 425 g/mol. The van der Waals surface area contributed by atoms with Crippen LogP contribution in [0.1, 0.15) is 17.5 Å². The zero-order valence-corrected chi connectivity index (χ0v) is 17.7. The number of aromatic nitrogens is 1. The molecule has 0 radical (unpaired) electrons. The minimum absolute atomic E-state index is 0.923. The zero-order valence-electron chi connectivity index (χ0n) is 16.1. The van der Waals surface area contributed by atoms with Gasteiger partial charge in [0.1, 0.15) is 0 Å². The lowest BCUT2D eigenvalue weighted by Crippen LogP contribution is -2.44. The normalized spacial score (nSPS) is 16.2. The van der Waals surface area contributed by atoms with Gasteiger partial charge in [0.2, 0.25) is 0 Å². The second-order valence-corrected chi connectivity index (χ2v) is 8.59. The van der Waals surface area contributed by atoms with Gasteiger partial charge in [-0.15, -0.1) is 0 Å². The molecule has 0 unspecified atom stereocenters. The van der Waals surface area contributed by atoms with Crippen molar-refractivity contribution < 1.29 is 0 Å². The van der Waals surface area contributed by atoms with Crippen LogP contribution in [0.4, 0.5) is 0 Å². The minimum atomic E-state index is 0.923. The van der Waals surface area contributed by atoms with Crippen LogP contribution in [0.15, 0.2) is 59.2 Å². The molecule has 1 fully saturated rings. The van der Waals surface area contributed by atoms with Crippen molar-refractivity contribution in [2.45, 2.75) is 19.4 Å². The Bertz CT molecular complexity index is 876. The Morgan fingerprint density at radius 2 is 1.67 bits per heavy atom. The van der Waals surface area contributed by atoms with E-state index in [1.807, 2.05) is 0 Å². The molecular formula is C23H28BrN3. The van der Waals surface area contributed by atoms with Crippen molar-refractivity contribution >= 4 is 26.8 Å². The van der Waals surface area contributed by atoms with E-state index in [0.717, 1.165) is 17.4 Å². The van der Waals surface area contributed by atoms with E-state index in [1.54, 1.807) is 0 Å². The summed E-state index contributed by atoms with van der Waals surface area (Å²) in [5.41, 5.74) is 4.16. The second kappa shape index (κ2) is 8.59. The number of rotatable bonds is 6. The first-order chi connectivity index (χ1) is 13.2. The van der Waals surface area contributed by atoms with E-state index in [-0.39, 0.29) is 0 Å². The molecule has 0 saturated carbocycles. The Labute approximate surface area is 170 Å². The van der Waals surface area contributed by atoms with E-state index < -0.39 is 0 Å². The van der Waals surface area contributed by atoms with Crippen molar-refractivity contribution in [3.63, 3.8) is 0 Å². The number of hydrogen-bond acceptors (Lipinski definition) is 2. The summed E-state index contributed by atoms with van der Waals surface area (Å²) in [4.78, 5) is 5.03.